The molecule has 0 fully saturated rings. The fourth-order valence-electron chi connectivity index (χ4n) is 4.08. The molecule has 4 aromatic rings. The summed E-state index contributed by atoms with van der Waals surface area (Å²) < 4.78 is 6.41. The number of aromatic nitrogens is 5. The van der Waals surface area contributed by atoms with Gasteiger partial charge in [-0.3, -0.25) is 19.2 Å². The Bertz CT molecular complexity index is 1570. The van der Waals surface area contributed by atoms with Crippen LogP contribution < -0.4 is 21.3 Å². The quantitative estimate of drug-likeness (QED) is 0.263. The third-order valence-corrected chi connectivity index (χ3v) is 5.95. The monoisotopic (exact) mass is 519 g/mol. The number of carbonyl (C=O) groups excluding carboxylic acids is 4. The summed E-state index contributed by atoms with van der Waals surface area (Å²) in [6.07, 6.45) is 6.58. The van der Waals surface area contributed by atoms with Crippen molar-refractivity contribution in [3.8, 4) is 0 Å². The molecular weight excluding hydrogens is 490 g/mol. The van der Waals surface area contributed by atoms with E-state index in [1.165, 1.54) is 6.92 Å². The summed E-state index contributed by atoms with van der Waals surface area (Å²) in [4.78, 5) is 54.3. The lowest BCUT2D eigenvalue weighted by Crippen LogP contribution is -2.16. The average Bonchev–Trinajstić information content (AvgIpc) is 3.59. The van der Waals surface area contributed by atoms with Crippen LogP contribution in [0.1, 0.15) is 49.0 Å². The molecule has 0 bridgehead atoms. The molecule has 4 N–H and O–H groups in total. The van der Waals surface area contributed by atoms with Crippen molar-refractivity contribution in [1.82, 2.24) is 23.3 Å². The van der Waals surface area contributed by atoms with Crippen molar-refractivity contribution >= 4 is 46.4 Å². The van der Waals surface area contributed by atoms with E-state index in [9.17, 15) is 19.2 Å². The van der Waals surface area contributed by atoms with Gasteiger partial charge in [0.05, 0.1) is 22.8 Å². The minimum atomic E-state index is -0.422. The largest absolute Gasteiger partial charge is 0.372 e. The van der Waals surface area contributed by atoms with Crippen molar-refractivity contribution in [1.29, 1.82) is 0 Å². The first kappa shape index (κ1) is 26.0. The van der Waals surface area contributed by atoms with Crippen molar-refractivity contribution < 1.29 is 19.2 Å². The minimum Gasteiger partial charge on any atom is -0.372 e. The van der Waals surface area contributed by atoms with Gasteiger partial charge in [-0.25, -0.2) is 4.98 Å². The van der Waals surface area contributed by atoms with Gasteiger partial charge in [-0.15, -0.1) is 0 Å². The fourth-order valence-corrected chi connectivity index (χ4v) is 4.08. The van der Waals surface area contributed by atoms with Gasteiger partial charge in [-0.05, 0) is 18.2 Å². The van der Waals surface area contributed by atoms with E-state index in [2.05, 4.69) is 26.3 Å². The van der Waals surface area contributed by atoms with Crippen LogP contribution in [-0.4, -0.2) is 53.8 Å². The number of hydrogen-bond donors (Lipinski definition) is 4. The van der Waals surface area contributed by atoms with E-state index in [1.807, 2.05) is 0 Å². The lowest BCUT2D eigenvalue weighted by molar-refractivity contribution is 0.0998. The van der Waals surface area contributed by atoms with Crippen LogP contribution in [0.25, 0.3) is 0 Å². The molecule has 4 rings (SSSR count). The van der Waals surface area contributed by atoms with Gasteiger partial charge in [0.1, 0.15) is 17.2 Å². The van der Waals surface area contributed by atoms with Gasteiger partial charge in [-0.1, -0.05) is 0 Å². The van der Waals surface area contributed by atoms with Crippen LogP contribution in [-0.2, 0) is 28.2 Å². The third-order valence-electron chi connectivity index (χ3n) is 5.95. The first-order chi connectivity index (χ1) is 18.0. The van der Waals surface area contributed by atoms with Crippen LogP contribution in [0.3, 0.4) is 0 Å². The van der Waals surface area contributed by atoms with Crippen molar-refractivity contribution in [2.45, 2.75) is 6.92 Å². The first-order valence-electron chi connectivity index (χ1n) is 11.6. The molecule has 4 heterocycles. The summed E-state index contributed by atoms with van der Waals surface area (Å²) in [5.74, 6) is -0.569. The van der Waals surface area contributed by atoms with Crippen molar-refractivity contribution in [2.24, 2.45) is 28.2 Å². The summed E-state index contributed by atoms with van der Waals surface area (Å²) in [5.41, 5.74) is 2.41. The zero-order valence-corrected chi connectivity index (χ0v) is 21.9. The Morgan fingerprint density at radius 3 is 1.45 bits per heavy atom. The van der Waals surface area contributed by atoms with Gasteiger partial charge in [0.2, 0.25) is 5.82 Å². The summed E-state index contributed by atoms with van der Waals surface area (Å²) in [5, 5.41) is 11.2. The predicted molar refractivity (Wildman–Crippen MR) is 143 cm³/mol. The molecule has 3 amide bonds. The van der Waals surface area contributed by atoms with E-state index in [0.717, 1.165) is 0 Å². The normalized spacial score (nSPS) is 10.8. The maximum atomic E-state index is 13.0. The van der Waals surface area contributed by atoms with Gasteiger partial charge in [0.25, 0.3) is 17.7 Å². The fraction of sp³-hybridized carbons (Fsp3) is 0.240. The van der Waals surface area contributed by atoms with Crippen LogP contribution >= 0.6 is 0 Å². The number of aryl methyl sites for hydroxylation is 4. The third kappa shape index (κ3) is 5.21. The smallest absolute Gasteiger partial charge is 0.291 e. The Labute approximate surface area is 218 Å². The zero-order valence-electron chi connectivity index (χ0n) is 21.9. The molecule has 0 unspecified atom stereocenters. The summed E-state index contributed by atoms with van der Waals surface area (Å²) >= 11 is 0. The highest BCUT2D eigenvalue weighted by molar-refractivity contribution is 6.08. The molecule has 38 heavy (non-hydrogen) atoms. The maximum absolute atomic E-state index is 13.0. The molecule has 198 valence electrons. The highest BCUT2D eigenvalue weighted by Crippen LogP contribution is 2.20. The molecule has 13 heteroatoms. The van der Waals surface area contributed by atoms with Crippen LogP contribution in [0.2, 0.25) is 0 Å². The van der Waals surface area contributed by atoms with E-state index in [-0.39, 0.29) is 11.6 Å². The molecule has 0 saturated heterocycles. The number of Topliss-reactive ketones (excluding diaryl/α,β-unsaturated/α-hetero) is 1. The van der Waals surface area contributed by atoms with E-state index in [0.29, 0.717) is 40.0 Å². The van der Waals surface area contributed by atoms with Gasteiger partial charge < -0.3 is 39.5 Å². The van der Waals surface area contributed by atoms with Gasteiger partial charge in [0.15, 0.2) is 5.78 Å². The van der Waals surface area contributed by atoms with Gasteiger partial charge in [-0.2, -0.15) is 0 Å². The second kappa shape index (κ2) is 10.1. The SMILES string of the molecule is CNc1cn(C)c(C(=O)Nc2cc(C(=O)Nc3cc(C(=O)Nc4cc(C(C)=O)n(C)c4)n(C)c3)n(C)c2)n1. The number of carbonyl (C=O) groups is 4. The Balaban J connectivity index is 1.44. The highest BCUT2D eigenvalue weighted by atomic mass is 16.2. The summed E-state index contributed by atoms with van der Waals surface area (Å²) in [6, 6.07) is 4.70. The first-order valence-corrected chi connectivity index (χ1v) is 11.6. The number of ketones is 1. The molecule has 0 radical (unpaired) electrons. The molecule has 0 atom stereocenters. The molecule has 0 aliphatic carbocycles. The molecule has 4 aromatic heterocycles. The van der Waals surface area contributed by atoms with Crippen molar-refractivity contribution in [2.75, 3.05) is 28.3 Å². The van der Waals surface area contributed by atoms with Gasteiger partial charge >= 0.3 is 0 Å². The highest BCUT2D eigenvalue weighted by Gasteiger charge is 2.19. The molecule has 0 saturated carbocycles. The lowest BCUT2D eigenvalue weighted by Gasteiger charge is -2.03. The minimum absolute atomic E-state index is 0.111. The second-order valence-corrected chi connectivity index (χ2v) is 8.90. The van der Waals surface area contributed by atoms with Crippen molar-refractivity contribution in [3.05, 3.63) is 65.9 Å². The summed E-state index contributed by atoms with van der Waals surface area (Å²) in [7, 11) is 8.52. The standard InChI is InChI=1S/C25H29N9O4/c1-14(35)18-7-15(10-31(18)3)27-23(36)19-8-16(11-32(19)4)28-24(37)20-9-17(12-33(20)5)29-25(38)22-30-21(26-2)13-34(22)6/h7-13,26H,1-6H3,(H,27,36)(H,28,37)(H,29,38). The maximum Gasteiger partial charge on any atom is 0.291 e. The number of nitrogens with zero attached hydrogens (tertiary/aromatic N) is 5. The van der Waals surface area contributed by atoms with E-state index >= 15 is 0 Å². The molecule has 0 aliphatic rings. The average molecular weight is 520 g/mol. The molecule has 0 aromatic carbocycles. The number of imidazole rings is 1. The molecular formula is C25H29N9O4. The van der Waals surface area contributed by atoms with Crippen LogP contribution in [0.15, 0.2) is 43.0 Å². The summed E-state index contributed by atoms with van der Waals surface area (Å²) in [6.45, 7) is 1.46. The topological polar surface area (TPSA) is 149 Å². The van der Waals surface area contributed by atoms with E-state index in [4.69, 9.17) is 0 Å². The molecule has 0 aliphatic heterocycles. The Morgan fingerprint density at radius 2 is 1.05 bits per heavy atom. The van der Waals surface area contributed by atoms with Crippen LogP contribution in [0.5, 0.6) is 0 Å². The lowest BCUT2D eigenvalue weighted by atomic mass is 10.3. The van der Waals surface area contributed by atoms with E-state index < -0.39 is 17.7 Å². The Hall–Kier alpha value is -5.07. The number of rotatable bonds is 8. The molecule has 13 nitrogen and oxygen atoms in total. The number of amides is 3. The second-order valence-electron chi connectivity index (χ2n) is 8.90. The Kier molecular flexibility index (Phi) is 6.93. The predicted octanol–water partition coefficient (Wildman–Crippen LogP) is 2.44. The van der Waals surface area contributed by atoms with E-state index in [1.54, 1.807) is 96.5 Å². The number of hydrogen-bond acceptors (Lipinski definition) is 6. The Morgan fingerprint density at radius 1 is 0.632 bits per heavy atom. The van der Waals surface area contributed by atoms with Crippen molar-refractivity contribution in [3.63, 3.8) is 0 Å². The van der Waals surface area contributed by atoms with Gasteiger partial charge in [0, 0.05) is 66.9 Å². The molecule has 0 spiro atoms. The number of anilines is 4. The van der Waals surface area contributed by atoms with Crippen LogP contribution in [0.4, 0.5) is 22.9 Å². The van der Waals surface area contributed by atoms with Crippen LogP contribution in [0, 0.1) is 0 Å². The number of nitrogens with one attached hydrogen (secondary N) is 4. The zero-order chi connectivity index (χ0) is 27.7.